The molecule has 19 heavy (non-hydrogen) atoms. The number of nitrogens with one attached hydrogen (secondary N) is 1. The van der Waals surface area contributed by atoms with Gasteiger partial charge in [-0.2, -0.15) is 0 Å². The topological polar surface area (TPSA) is 47.6 Å². The third-order valence-electron chi connectivity index (χ3n) is 5.79. The molecule has 4 nitrogen and oxygen atoms in total. The fraction of sp³-hybridized carbons (Fsp3) is 0.929. The maximum Gasteiger partial charge on any atom is 0.478 e. The molecule has 1 saturated heterocycles. The Kier molecular flexibility index (Phi) is 2.99. The van der Waals surface area contributed by atoms with E-state index in [2.05, 4.69) is 26.1 Å². The van der Waals surface area contributed by atoms with E-state index in [4.69, 9.17) is 9.31 Å². The average molecular weight is 265 g/mol. The third-order valence-corrected chi connectivity index (χ3v) is 5.79. The summed E-state index contributed by atoms with van der Waals surface area (Å²) in [5.41, 5.74) is 0.204. The molecular weight excluding hydrogens is 241 g/mol. The SMILES string of the molecule is CCC(=O)NCB1OC2C[C@@H]3C[C@H](C2(C)O1)C3(C)C. The van der Waals surface area contributed by atoms with Crippen molar-refractivity contribution >= 4 is 13.0 Å². The van der Waals surface area contributed by atoms with E-state index in [9.17, 15) is 4.79 Å². The van der Waals surface area contributed by atoms with Crippen LogP contribution in [0.5, 0.6) is 0 Å². The van der Waals surface area contributed by atoms with E-state index in [0.717, 1.165) is 12.3 Å². The number of hydrogen-bond acceptors (Lipinski definition) is 3. The standard InChI is InChI=1S/C14H24BNO3/c1-5-12(17)16-8-15-18-11-7-9-6-10(13(9,2)3)14(11,4)19-15/h9-11H,5-8H2,1-4H3,(H,16,17)/t9-,10-,11?,14?/m0/s1. The van der Waals surface area contributed by atoms with Gasteiger partial charge in [-0.25, -0.2) is 0 Å². The van der Waals surface area contributed by atoms with Gasteiger partial charge in [0.2, 0.25) is 5.91 Å². The fourth-order valence-electron chi connectivity index (χ4n) is 4.36. The second-order valence-electron chi connectivity index (χ2n) is 7.06. The minimum absolute atomic E-state index is 0.0526. The van der Waals surface area contributed by atoms with E-state index in [1.807, 2.05) is 6.92 Å². The van der Waals surface area contributed by atoms with Crippen LogP contribution in [0, 0.1) is 17.3 Å². The van der Waals surface area contributed by atoms with E-state index >= 15 is 0 Å². The molecule has 106 valence electrons. The molecule has 1 aliphatic heterocycles. The average Bonchev–Trinajstić information content (AvgIpc) is 2.71. The first-order valence-corrected chi connectivity index (χ1v) is 7.48. The molecule has 1 amide bonds. The van der Waals surface area contributed by atoms with E-state index in [1.54, 1.807) is 0 Å². The first-order valence-electron chi connectivity index (χ1n) is 7.48. The van der Waals surface area contributed by atoms with Crippen molar-refractivity contribution in [3.8, 4) is 0 Å². The Balaban J connectivity index is 1.65. The lowest BCUT2D eigenvalue weighted by molar-refractivity contribution is -0.199. The smallest absolute Gasteiger partial charge is 0.404 e. The quantitative estimate of drug-likeness (QED) is 0.791. The molecule has 0 spiro atoms. The predicted octanol–water partition coefficient (Wildman–Crippen LogP) is 1.78. The lowest BCUT2D eigenvalue weighted by atomic mass is 9.43. The van der Waals surface area contributed by atoms with Crippen LogP contribution in [0.3, 0.4) is 0 Å². The van der Waals surface area contributed by atoms with Crippen LogP contribution in [0.15, 0.2) is 0 Å². The molecule has 4 aliphatic rings. The zero-order valence-electron chi connectivity index (χ0n) is 12.4. The molecular formula is C14H24BNO3. The van der Waals surface area contributed by atoms with Gasteiger partial charge in [-0.3, -0.25) is 4.79 Å². The molecule has 0 aromatic rings. The van der Waals surface area contributed by atoms with E-state index in [-0.39, 0.29) is 24.7 Å². The lowest BCUT2D eigenvalue weighted by Gasteiger charge is -2.64. The summed E-state index contributed by atoms with van der Waals surface area (Å²) >= 11 is 0. The van der Waals surface area contributed by atoms with Crippen LogP contribution in [0.25, 0.3) is 0 Å². The van der Waals surface area contributed by atoms with Crippen LogP contribution in [-0.2, 0) is 14.1 Å². The van der Waals surface area contributed by atoms with Crippen LogP contribution < -0.4 is 5.32 Å². The highest BCUT2D eigenvalue weighted by molar-refractivity contribution is 6.46. The van der Waals surface area contributed by atoms with Gasteiger partial charge in [0.05, 0.1) is 18.1 Å². The van der Waals surface area contributed by atoms with Crippen molar-refractivity contribution in [3.63, 3.8) is 0 Å². The largest absolute Gasteiger partial charge is 0.478 e. The van der Waals surface area contributed by atoms with Crippen LogP contribution in [0.4, 0.5) is 0 Å². The summed E-state index contributed by atoms with van der Waals surface area (Å²) in [4.78, 5) is 11.3. The molecule has 4 rings (SSSR count). The number of hydrogen-bond donors (Lipinski definition) is 1. The summed E-state index contributed by atoms with van der Waals surface area (Å²) in [7, 11) is -0.277. The van der Waals surface area contributed by atoms with Gasteiger partial charge in [-0.15, -0.1) is 0 Å². The van der Waals surface area contributed by atoms with Crippen molar-refractivity contribution < 1.29 is 14.1 Å². The van der Waals surface area contributed by atoms with Crippen molar-refractivity contribution in [2.75, 3.05) is 6.44 Å². The minimum atomic E-state index is -0.277. The molecule has 5 heteroatoms. The van der Waals surface area contributed by atoms with E-state index in [0.29, 0.717) is 24.2 Å². The molecule has 3 aliphatic carbocycles. The second-order valence-corrected chi connectivity index (χ2v) is 7.06. The summed E-state index contributed by atoms with van der Waals surface area (Å²) in [5.74, 6) is 1.40. The monoisotopic (exact) mass is 265 g/mol. The Bertz CT molecular complexity index is 400. The Morgan fingerprint density at radius 2 is 2.11 bits per heavy atom. The van der Waals surface area contributed by atoms with Crippen molar-refractivity contribution in [2.24, 2.45) is 17.3 Å². The number of carbonyl (C=O) groups is 1. The lowest BCUT2D eigenvalue weighted by Crippen LogP contribution is -2.65. The van der Waals surface area contributed by atoms with Crippen molar-refractivity contribution in [1.29, 1.82) is 0 Å². The summed E-state index contributed by atoms with van der Waals surface area (Å²) in [6.45, 7) is 8.75. The van der Waals surface area contributed by atoms with Gasteiger partial charge in [0.15, 0.2) is 0 Å². The zero-order chi connectivity index (χ0) is 13.8. The first-order chi connectivity index (χ1) is 8.88. The highest BCUT2D eigenvalue weighted by Gasteiger charge is 2.67. The summed E-state index contributed by atoms with van der Waals surface area (Å²) in [6, 6.07) is 0. The fourth-order valence-corrected chi connectivity index (χ4v) is 4.36. The molecule has 4 fully saturated rings. The Morgan fingerprint density at radius 3 is 2.74 bits per heavy atom. The summed E-state index contributed by atoms with van der Waals surface area (Å²) < 4.78 is 12.2. The van der Waals surface area contributed by atoms with Gasteiger partial charge in [0.1, 0.15) is 0 Å². The predicted molar refractivity (Wildman–Crippen MR) is 73.4 cm³/mol. The normalized spacial score (nSPS) is 42.5. The van der Waals surface area contributed by atoms with E-state index < -0.39 is 0 Å². The summed E-state index contributed by atoms with van der Waals surface area (Å²) in [5, 5.41) is 2.86. The highest BCUT2D eigenvalue weighted by Crippen LogP contribution is 2.65. The Labute approximate surface area is 115 Å². The molecule has 2 bridgehead atoms. The molecule has 1 heterocycles. The minimum Gasteiger partial charge on any atom is -0.404 e. The Morgan fingerprint density at radius 1 is 1.37 bits per heavy atom. The summed E-state index contributed by atoms with van der Waals surface area (Å²) in [6.07, 6.45) is 3.53. The van der Waals surface area contributed by atoms with Gasteiger partial charge in [-0.1, -0.05) is 20.8 Å². The first kappa shape index (κ1) is 13.4. The van der Waals surface area contributed by atoms with E-state index in [1.165, 1.54) is 6.42 Å². The van der Waals surface area contributed by atoms with Crippen LogP contribution >= 0.6 is 0 Å². The number of rotatable bonds is 3. The molecule has 4 atom stereocenters. The van der Waals surface area contributed by atoms with Gasteiger partial charge in [-0.05, 0) is 37.0 Å². The third kappa shape index (κ3) is 1.85. The second kappa shape index (κ2) is 4.22. The highest BCUT2D eigenvalue weighted by atomic mass is 16.7. The van der Waals surface area contributed by atoms with Crippen molar-refractivity contribution in [3.05, 3.63) is 0 Å². The molecule has 2 unspecified atom stereocenters. The molecule has 0 aromatic carbocycles. The molecule has 1 N–H and O–H groups in total. The van der Waals surface area contributed by atoms with Crippen LogP contribution in [0.2, 0.25) is 0 Å². The zero-order valence-corrected chi connectivity index (χ0v) is 12.4. The van der Waals surface area contributed by atoms with Gasteiger partial charge in [0.25, 0.3) is 0 Å². The molecule has 0 aromatic heterocycles. The maximum atomic E-state index is 11.3. The van der Waals surface area contributed by atoms with Gasteiger partial charge < -0.3 is 14.6 Å². The van der Waals surface area contributed by atoms with Gasteiger partial charge in [0, 0.05) is 6.42 Å². The molecule has 0 radical (unpaired) electrons. The van der Waals surface area contributed by atoms with Gasteiger partial charge >= 0.3 is 7.12 Å². The van der Waals surface area contributed by atoms with Crippen LogP contribution in [-0.4, -0.2) is 31.2 Å². The van der Waals surface area contributed by atoms with Crippen LogP contribution in [0.1, 0.15) is 47.0 Å². The van der Waals surface area contributed by atoms with Crippen molar-refractivity contribution in [2.45, 2.75) is 58.7 Å². The molecule has 3 saturated carbocycles. The Hall–Kier alpha value is -0.545. The number of amides is 1. The maximum absolute atomic E-state index is 11.3. The van der Waals surface area contributed by atoms with Crippen molar-refractivity contribution in [1.82, 2.24) is 5.32 Å². The number of carbonyl (C=O) groups excluding carboxylic acids is 1.